The highest BCUT2D eigenvalue weighted by Crippen LogP contribution is 2.28. The summed E-state index contributed by atoms with van der Waals surface area (Å²) in [6, 6.07) is 2.69. The fourth-order valence-corrected chi connectivity index (χ4v) is 2.89. The van der Waals surface area contributed by atoms with Crippen molar-refractivity contribution in [1.29, 1.82) is 0 Å². The molecule has 1 saturated carbocycles. The molecular formula is C15H24N6. The van der Waals surface area contributed by atoms with E-state index in [4.69, 9.17) is 0 Å². The number of nitrogens with zero attached hydrogens (tertiary/aromatic N) is 5. The van der Waals surface area contributed by atoms with Crippen molar-refractivity contribution in [2.45, 2.75) is 58.2 Å². The number of nitrogens with one attached hydrogen (secondary N) is 1. The standard InChI is InChI=1S/C15H24N6/c1-2-8-16-10-14-12-20(19-17-14)11-13-7-9-21(18-13)15-5-3-4-6-15/h7,9,12,15-16H,2-6,8,10-11H2,1H3. The Morgan fingerprint density at radius 2 is 2.14 bits per heavy atom. The molecule has 0 spiro atoms. The molecule has 1 fully saturated rings. The molecule has 1 aliphatic carbocycles. The Bertz CT molecular complexity index is 552. The van der Waals surface area contributed by atoms with E-state index >= 15 is 0 Å². The predicted octanol–water partition coefficient (Wildman–Crippen LogP) is 2.14. The van der Waals surface area contributed by atoms with Crippen LogP contribution in [0, 0.1) is 0 Å². The van der Waals surface area contributed by atoms with Crippen molar-refractivity contribution >= 4 is 0 Å². The average molecular weight is 288 g/mol. The van der Waals surface area contributed by atoms with Gasteiger partial charge < -0.3 is 5.32 Å². The van der Waals surface area contributed by atoms with Gasteiger partial charge in [0.1, 0.15) is 0 Å². The average Bonchev–Trinajstić information content (AvgIpc) is 3.20. The van der Waals surface area contributed by atoms with Crippen LogP contribution in [0.4, 0.5) is 0 Å². The molecule has 2 aromatic rings. The van der Waals surface area contributed by atoms with Crippen LogP contribution in [0.15, 0.2) is 18.5 Å². The summed E-state index contributed by atoms with van der Waals surface area (Å²) in [4.78, 5) is 0. The highest BCUT2D eigenvalue weighted by Gasteiger charge is 2.17. The van der Waals surface area contributed by atoms with Gasteiger partial charge in [-0.1, -0.05) is 25.0 Å². The van der Waals surface area contributed by atoms with Crippen LogP contribution >= 0.6 is 0 Å². The lowest BCUT2D eigenvalue weighted by Crippen LogP contribution is -2.13. The Kier molecular flexibility index (Phi) is 4.65. The quantitative estimate of drug-likeness (QED) is 0.793. The van der Waals surface area contributed by atoms with Crippen LogP contribution in [0.5, 0.6) is 0 Å². The molecule has 3 rings (SSSR count). The van der Waals surface area contributed by atoms with Crippen molar-refractivity contribution in [1.82, 2.24) is 30.1 Å². The number of rotatable bonds is 7. The van der Waals surface area contributed by atoms with Gasteiger partial charge in [0.2, 0.25) is 0 Å². The molecule has 21 heavy (non-hydrogen) atoms. The van der Waals surface area contributed by atoms with E-state index in [9.17, 15) is 0 Å². The lowest BCUT2D eigenvalue weighted by Gasteiger charge is -2.08. The lowest BCUT2D eigenvalue weighted by atomic mass is 10.3. The van der Waals surface area contributed by atoms with Crippen molar-refractivity contribution < 1.29 is 0 Å². The van der Waals surface area contributed by atoms with E-state index in [0.29, 0.717) is 12.6 Å². The molecule has 0 aliphatic heterocycles. The number of hydrogen-bond acceptors (Lipinski definition) is 4. The Balaban J connectivity index is 1.56. The first-order valence-corrected chi connectivity index (χ1v) is 7.99. The van der Waals surface area contributed by atoms with Crippen molar-refractivity contribution in [2.24, 2.45) is 0 Å². The molecule has 6 heteroatoms. The van der Waals surface area contributed by atoms with Crippen molar-refractivity contribution in [3.05, 3.63) is 29.8 Å². The van der Waals surface area contributed by atoms with Crippen LogP contribution < -0.4 is 5.32 Å². The lowest BCUT2D eigenvalue weighted by molar-refractivity contribution is 0.460. The largest absolute Gasteiger partial charge is 0.311 e. The molecule has 0 amide bonds. The third-order valence-corrected chi connectivity index (χ3v) is 4.01. The zero-order valence-electron chi connectivity index (χ0n) is 12.7. The molecule has 6 nitrogen and oxygen atoms in total. The third-order valence-electron chi connectivity index (χ3n) is 4.01. The summed E-state index contributed by atoms with van der Waals surface area (Å²) in [7, 11) is 0. The monoisotopic (exact) mass is 288 g/mol. The van der Waals surface area contributed by atoms with Gasteiger partial charge in [-0.05, 0) is 31.9 Å². The molecule has 0 atom stereocenters. The van der Waals surface area contributed by atoms with E-state index in [-0.39, 0.29) is 0 Å². The molecular weight excluding hydrogens is 264 g/mol. The molecule has 1 aliphatic rings. The second-order valence-corrected chi connectivity index (χ2v) is 5.81. The van der Waals surface area contributed by atoms with Gasteiger partial charge in [-0.3, -0.25) is 4.68 Å². The van der Waals surface area contributed by atoms with Crippen molar-refractivity contribution in [3.8, 4) is 0 Å². The van der Waals surface area contributed by atoms with E-state index in [2.05, 4.69) is 44.6 Å². The molecule has 2 heterocycles. The highest BCUT2D eigenvalue weighted by molar-refractivity contribution is 5.02. The van der Waals surface area contributed by atoms with E-state index in [0.717, 1.165) is 30.9 Å². The van der Waals surface area contributed by atoms with Crippen LogP contribution in [-0.4, -0.2) is 31.3 Å². The summed E-state index contributed by atoms with van der Waals surface area (Å²) in [5.74, 6) is 0. The Morgan fingerprint density at radius 3 is 2.95 bits per heavy atom. The summed E-state index contributed by atoms with van der Waals surface area (Å²) in [6.45, 7) is 4.65. The molecule has 0 bridgehead atoms. The SMILES string of the molecule is CCCNCc1cn(Cc2ccn(C3CCCC3)n2)nn1. The zero-order chi connectivity index (χ0) is 14.5. The normalized spacial score (nSPS) is 15.9. The third kappa shape index (κ3) is 3.69. The number of hydrogen-bond donors (Lipinski definition) is 1. The van der Waals surface area contributed by atoms with Gasteiger partial charge in [0.05, 0.1) is 30.2 Å². The molecule has 114 valence electrons. The molecule has 0 unspecified atom stereocenters. The fraction of sp³-hybridized carbons (Fsp3) is 0.667. The summed E-state index contributed by atoms with van der Waals surface area (Å²) in [5.41, 5.74) is 2.04. The predicted molar refractivity (Wildman–Crippen MR) is 80.9 cm³/mol. The summed E-state index contributed by atoms with van der Waals surface area (Å²) in [5, 5.41) is 16.4. The molecule has 0 radical (unpaired) electrons. The minimum atomic E-state index is 0.600. The Labute approximate surface area is 125 Å². The summed E-state index contributed by atoms with van der Waals surface area (Å²) in [6.07, 6.45) is 10.4. The summed E-state index contributed by atoms with van der Waals surface area (Å²) < 4.78 is 3.99. The van der Waals surface area contributed by atoms with Crippen LogP contribution in [0.2, 0.25) is 0 Å². The first-order chi connectivity index (χ1) is 10.3. The summed E-state index contributed by atoms with van der Waals surface area (Å²) >= 11 is 0. The van der Waals surface area contributed by atoms with Gasteiger partial charge in [-0.15, -0.1) is 5.10 Å². The minimum Gasteiger partial charge on any atom is -0.311 e. The molecule has 2 aromatic heterocycles. The zero-order valence-corrected chi connectivity index (χ0v) is 12.7. The topological polar surface area (TPSA) is 60.6 Å². The highest BCUT2D eigenvalue weighted by atomic mass is 15.4. The Morgan fingerprint density at radius 1 is 1.29 bits per heavy atom. The first-order valence-electron chi connectivity index (χ1n) is 7.99. The van der Waals surface area contributed by atoms with Gasteiger partial charge >= 0.3 is 0 Å². The van der Waals surface area contributed by atoms with E-state index in [1.165, 1.54) is 25.7 Å². The fourth-order valence-electron chi connectivity index (χ4n) is 2.89. The number of aromatic nitrogens is 5. The van der Waals surface area contributed by atoms with Crippen LogP contribution in [-0.2, 0) is 13.1 Å². The van der Waals surface area contributed by atoms with Crippen LogP contribution in [0.3, 0.4) is 0 Å². The second kappa shape index (κ2) is 6.85. The smallest absolute Gasteiger partial charge is 0.0964 e. The molecule has 0 aromatic carbocycles. The van der Waals surface area contributed by atoms with Gasteiger partial charge in [0.15, 0.2) is 0 Å². The van der Waals surface area contributed by atoms with Crippen LogP contribution in [0.25, 0.3) is 0 Å². The maximum Gasteiger partial charge on any atom is 0.0964 e. The van der Waals surface area contributed by atoms with Crippen LogP contribution in [0.1, 0.15) is 56.5 Å². The van der Waals surface area contributed by atoms with Gasteiger partial charge in [0.25, 0.3) is 0 Å². The Hall–Kier alpha value is -1.69. The van der Waals surface area contributed by atoms with Crippen molar-refractivity contribution in [3.63, 3.8) is 0 Å². The second-order valence-electron chi connectivity index (χ2n) is 5.81. The molecule has 0 saturated heterocycles. The maximum atomic E-state index is 4.68. The molecule has 1 N–H and O–H groups in total. The van der Waals surface area contributed by atoms with Gasteiger partial charge in [-0.2, -0.15) is 5.10 Å². The maximum absolute atomic E-state index is 4.68. The van der Waals surface area contributed by atoms with E-state index in [1.54, 1.807) is 0 Å². The van der Waals surface area contributed by atoms with E-state index < -0.39 is 0 Å². The van der Waals surface area contributed by atoms with Gasteiger partial charge in [-0.25, -0.2) is 4.68 Å². The van der Waals surface area contributed by atoms with E-state index in [1.807, 2.05) is 10.9 Å². The van der Waals surface area contributed by atoms with Gasteiger partial charge in [0, 0.05) is 12.7 Å². The minimum absolute atomic E-state index is 0.600. The van der Waals surface area contributed by atoms with Crippen molar-refractivity contribution in [2.75, 3.05) is 6.54 Å². The first kappa shape index (κ1) is 14.3.